The zero-order valence-corrected chi connectivity index (χ0v) is 15.7. The number of hydrogen-bond donors (Lipinski definition) is 1. The molecule has 1 aromatic heterocycles. The van der Waals surface area contributed by atoms with E-state index in [0.29, 0.717) is 21.6 Å². The first-order chi connectivity index (χ1) is 12.9. The van der Waals surface area contributed by atoms with Crippen molar-refractivity contribution in [3.8, 4) is 17.0 Å². The molecule has 9 heteroatoms. The average molecular weight is 404 g/mol. The van der Waals surface area contributed by atoms with Crippen LogP contribution in [0.2, 0.25) is 5.02 Å². The molecule has 1 atom stereocenters. The lowest BCUT2D eigenvalue weighted by molar-refractivity contribution is -0.384. The summed E-state index contributed by atoms with van der Waals surface area (Å²) in [6.07, 6.45) is -0.741. The number of amides is 1. The van der Waals surface area contributed by atoms with Crippen molar-refractivity contribution in [2.75, 3.05) is 5.32 Å². The Bertz CT molecular complexity index is 975. The quantitative estimate of drug-likeness (QED) is 0.472. The van der Waals surface area contributed by atoms with E-state index in [0.717, 1.165) is 5.56 Å². The summed E-state index contributed by atoms with van der Waals surface area (Å²) < 4.78 is 5.57. The summed E-state index contributed by atoms with van der Waals surface area (Å²) in [4.78, 5) is 26.9. The van der Waals surface area contributed by atoms with Gasteiger partial charge in [0, 0.05) is 28.1 Å². The predicted molar refractivity (Wildman–Crippen MR) is 104 cm³/mol. The molecule has 27 heavy (non-hydrogen) atoms. The minimum Gasteiger partial charge on any atom is -0.481 e. The van der Waals surface area contributed by atoms with Gasteiger partial charge in [-0.05, 0) is 37.3 Å². The summed E-state index contributed by atoms with van der Waals surface area (Å²) in [5.41, 5.74) is 1.35. The molecule has 0 saturated heterocycles. The molecule has 0 saturated carbocycles. The molecular weight excluding hydrogens is 390 g/mol. The number of ether oxygens (including phenoxy) is 1. The zero-order chi connectivity index (χ0) is 19.4. The highest BCUT2D eigenvalue weighted by Gasteiger charge is 2.17. The number of hydrogen-bond acceptors (Lipinski definition) is 6. The Kier molecular flexibility index (Phi) is 5.68. The Balaban J connectivity index is 1.64. The normalized spacial score (nSPS) is 11.6. The second kappa shape index (κ2) is 8.15. The standard InChI is InChI=1S/C18H14ClN3O4S/c1-11(26-15-4-2-3-13(19)9-15)17(23)21-18-20-16(10-27-18)12-5-7-14(8-6-12)22(24)25/h2-11H,1H3,(H,20,21,23). The number of carbonyl (C=O) groups excluding carboxylic acids is 1. The number of aromatic nitrogens is 1. The molecule has 1 amide bonds. The van der Waals surface area contributed by atoms with Gasteiger partial charge in [0.15, 0.2) is 11.2 Å². The van der Waals surface area contributed by atoms with Gasteiger partial charge in [0.25, 0.3) is 11.6 Å². The number of carbonyl (C=O) groups is 1. The van der Waals surface area contributed by atoms with Crippen LogP contribution in [0.4, 0.5) is 10.8 Å². The fraction of sp³-hybridized carbons (Fsp3) is 0.111. The number of non-ortho nitro benzene ring substituents is 1. The van der Waals surface area contributed by atoms with Gasteiger partial charge in [-0.15, -0.1) is 11.3 Å². The lowest BCUT2D eigenvalue weighted by Crippen LogP contribution is -2.30. The van der Waals surface area contributed by atoms with Crippen LogP contribution in [-0.4, -0.2) is 21.9 Å². The Labute approximate surface area is 163 Å². The monoisotopic (exact) mass is 403 g/mol. The molecule has 1 N–H and O–H groups in total. The molecule has 3 aromatic rings. The van der Waals surface area contributed by atoms with Crippen molar-refractivity contribution < 1.29 is 14.5 Å². The smallest absolute Gasteiger partial charge is 0.269 e. The molecule has 0 radical (unpaired) electrons. The average Bonchev–Trinajstić information content (AvgIpc) is 3.10. The maximum absolute atomic E-state index is 12.3. The molecule has 138 valence electrons. The van der Waals surface area contributed by atoms with Crippen molar-refractivity contribution in [3.05, 3.63) is 69.0 Å². The van der Waals surface area contributed by atoms with E-state index in [-0.39, 0.29) is 11.6 Å². The van der Waals surface area contributed by atoms with Gasteiger partial charge >= 0.3 is 0 Å². The van der Waals surface area contributed by atoms with Crippen LogP contribution in [0.15, 0.2) is 53.9 Å². The molecule has 1 unspecified atom stereocenters. The first-order valence-electron chi connectivity index (χ1n) is 7.86. The summed E-state index contributed by atoms with van der Waals surface area (Å²) >= 11 is 7.16. The van der Waals surface area contributed by atoms with Crippen LogP contribution in [0.1, 0.15) is 6.92 Å². The minimum absolute atomic E-state index is 0.00879. The van der Waals surface area contributed by atoms with E-state index in [2.05, 4.69) is 10.3 Å². The van der Waals surface area contributed by atoms with Gasteiger partial charge < -0.3 is 4.74 Å². The van der Waals surface area contributed by atoms with Crippen molar-refractivity contribution in [2.45, 2.75) is 13.0 Å². The van der Waals surface area contributed by atoms with Crippen molar-refractivity contribution in [2.24, 2.45) is 0 Å². The summed E-state index contributed by atoms with van der Waals surface area (Å²) in [6.45, 7) is 1.63. The van der Waals surface area contributed by atoms with Gasteiger partial charge in [0.1, 0.15) is 5.75 Å². The number of nitrogens with one attached hydrogen (secondary N) is 1. The Morgan fingerprint density at radius 1 is 1.30 bits per heavy atom. The largest absolute Gasteiger partial charge is 0.481 e. The molecule has 2 aromatic carbocycles. The van der Waals surface area contributed by atoms with Crippen LogP contribution in [0, 0.1) is 10.1 Å². The highest BCUT2D eigenvalue weighted by molar-refractivity contribution is 7.14. The van der Waals surface area contributed by atoms with Crippen molar-refractivity contribution in [1.29, 1.82) is 0 Å². The van der Waals surface area contributed by atoms with E-state index in [9.17, 15) is 14.9 Å². The van der Waals surface area contributed by atoms with E-state index in [1.807, 2.05) is 0 Å². The molecular formula is C18H14ClN3O4S. The van der Waals surface area contributed by atoms with E-state index in [4.69, 9.17) is 16.3 Å². The van der Waals surface area contributed by atoms with E-state index in [1.165, 1.54) is 23.5 Å². The third kappa shape index (κ3) is 4.81. The van der Waals surface area contributed by atoms with Gasteiger partial charge in [0.05, 0.1) is 10.6 Å². The summed E-state index contributed by atoms with van der Waals surface area (Å²) in [5, 5.41) is 16.1. The molecule has 0 aliphatic rings. The summed E-state index contributed by atoms with van der Waals surface area (Å²) in [7, 11) is 0. The SMILES string of the molecule is CC(Oc1cccc(Cl)c1)C(=O)Nc1nc(-c2ccc([N+](=O)[O-])cc2)cs1. The number of nitro benzene ring substituents is 1. The van der Waals surface area contributed by atoms with Crippen LogP contribution in [0.25, 0.3) is 11.3 Å². The molecule has 7 nitrogen and oxygen atoms in total. The van der Waals surface area contributed by atoms with Gasteiger partial charge in [-0.3, -0.25) is 20.2 Å². The summed E-state index contributed by atoms with van der Waals surface area (Å²) in [6, 6.07) is 12.8. The Hall–Kier alpha value is -2.97. The number of halogens is 1. The van der Waals surface area contributed by atoms with Crippen LogP contribution in [-0.2, 0) is 4.79 Å². The van der Waals surface area contributed by atoms with Crippen molar-refractivity contribution in [1.82, 2.24) is 4.98 Å². The van der Waals surface area contributed by atoms with Gasteiger partial charge in [-0.2, -0.15) is 0 Å². The highest BCUT2D eigenvalue weighted by atomic mass is 35.5. The number of rotatable bonds is 6. The fourth-order valence-electron chi connectivity index (χ4n) is 2.22. The molecule has 0 fully saturated rings. The van der Waals surface area contributed by atoms with Crippen molar-refractivity contribution >= 4 is 39.7 Å². The van der Waals surface area contributed by atoms with Gasteiger partial charge in [-0.25, -0.2) is 4.98 Å². The van der Waals surface area contributed by atoms with Crippen LogP contribution < -0.4 is 10.1 Å². The molecule has 0 aliphatic heterocycles. The second-order valence-corrected chi connectivity index (χ2v) is 6.84. The summed E-state index contributed by atoms with van der Waals surface area (Å²) in [5.74, 6) is 0.149. The number of benzene rings is 2. The second-order valence-electron chi connectivity index (χ2n) is 5.55. The first-order valence-corrected chi connectivity index (χ1v) is 9.11. The number of nitrogens with zero attached hydrogens (tertiary/aromatic N) is 2. The van der Waals surface area contributed by atoms with E-state index < -0.39 is 11.0 Å². The third-order valence-corrected chi connectivity index (χ3v) is 4.58. The number of nitro groups is 1. The molecule has 3 rings (SSSR count). The zero-order valence-electron chi connectivity index (χ0n) is 14.1. The first kappa shape index (κ1) is 18.8. The lowest BCUT2D eigenvalue weighted by atomic mass is 10.1. The minimum atomic E-state index is -0.741. The Morgan fingerprint density at radius 3 is 2.70 bits per heavy atom. The van der Waals surface area contributed by atoms with Crippen LogP contribution in [0.3, 0.4) is 0 Å². The maximum atomic E-state index is 12.3. The highest BCUT2D eigenvalue weighted by Crippen LogP contribution is 2.27. The predicted octanol–water partition coefficient (Wildman–Crippen LogP) is 4.78. The lowest BCUT2D eigenvalue weighted by Gasteiger charge is -2.13. The van der Waals surface area contributed by atoms with E-state index in [1.54, 1.807) is 48.7 Å². The maximum Gasteiger partial charge on any atom is 0.269 e. The van der Waals surface area contributed by atoms with Gasteiger partial charge in [0.2, 0.25) is 0 Å². The van der Waals surface area contributed by atoms with Crippen LogP contribution >= 0.6 is 22.9 Å². The molecule has 0 aliphatic carbocycles. The molecule has 0 spiro atoms. The topological polar surface area (TPSA) is 94.4 Å². The van der Waals surface area contributed by atoms with Crippen molar-refractivity contribution in [3.63, 3.8) is 0 Å². The molecule has 0 bridgehead atoms. The molecule has 1 heterocycles. The number of anilines is 1. The number of thiazole rings is 1. The van der Waals surface area contributed by atoms with Gasteiger partial charge in [-0.1, -0.05) is 17.7 Å². The van der Waals surface area contributed by atoms with Crippen LogP contribution in [0.5, 0.6) is 5.75 Å². The van der Waals surface area contributed by atoms with E-state index >= 15 is 0 Å². The third-order valence-electron chi connectivity index (χ3n) is 3.59. The fourth-order valence-corrected chi connectivity index (χ4v) is 3.13. The Morgan fingerprint density at radius 2 is 2.04 bits per heavy atom.